The molecule has 0 spiro atoms. The molecule has 4 rings (SSSR count). The molecule has 0 radical (unpaired) electrons. The molecule has 0 N–H and O–H groups in total. The van der Waals surface area contributed by atoms with Crippen molar-refractivity contribution in [2.24, 2.45) is 5.41 Å². The number of thioether (sulfide) groups is 1. The smallest absolute Gasteiger partial charge is 0.245 e. The molecule has 2 aromatic carbocycles. The Morgan fingerprint density at radius 1 is 0.960 bits per heavy atom. The van der Waals surface area contributed by atoms with E-state index in [0.29, 0.717) is 10.6 Å². The summed E-state index contributed by atoms with van der Waals surface area (Å²) in [5.41, 5.74) is -0.00943. The molecule has 2 aliphatic heterocycles. The summed E-state index contributed by atoms with van der Waals surface area (Å²) in [4.78, 5) is 41.4. The normalized spacial score (nSPS) is 18.2. The van der Waals surface area contributed by atoms with Crippen molar-refractivity contribution in [1.29, 1.82) is 0 Å². The van der Waals surface area contributed by atoms with E-state index in [1.807, 2.05) is 30.3 Å². The fourth-order valence-electron chi connectivity index (χ4n) is 3.07. The fourth-order valence-corrected chi connectivity index (χ4v) is 4.25. The first kappa shape index (κ1) is 15.8. The van der Waals surface area contributed by atoms with E-state index in [0.717, 1.165) is 10.6 Å². The van der Waals surface area contributed by atoms with Crippen molar-refractivity contribution in [3.63, 3.8) is 0 Å². The highest BCUT2D eigenvalue weighted by atomic mass is 32.2. The van der Waals surface area contributed by atoms with E-state index in [-0.39, 0.29) is 17.3 Å². The summed E-state index contributed by atoms with van der Waals surface area (Å²) < 4.78 is 0. The van der Waals surface area contributed by atoms with Crippen molar-refractivity contribution >= 4 is 34.9 Å². The molecule has 0 bridgehead atoms. The van der Waals surface area contributed by atoms with E-state index in [2.05, 4.69) is 0 Å². The number of hydrogen-bond acceptors (Lipinski definition) is 4. The number of allylic oxidation sites excluding steroid dienone is 1. The van der Waals surface area contributed by atoms with Gasteiger partial charge in [0, 0.05) is 10.5 Å². The van der Waals surface area contributed by atoms with Gasteiger partial charge in [0.2, 0.25) is 5.91 Å². The third kappa shape index (κ3) is 2.19. The number of carbonyl (C=O) groups excluding carboxylic acids is 3. The lowest BCUT2D eigenvalue weighted by atomic mass is 9.78. The molecular weight excluding hydrogens is 334 g/mol. The zero-order chi connectivity index (χ0) is 17.8. The van der Waals surface area contributed by atoms with Gasteiger partial charge >= 0.3 is 0 Å². The molecule has 124 valence electrons. The van der Waals surface area contributed by atoms with Gasteiger partial charge in [-0.25, -0.2) is 0 Å². The zero-order valence-electron chi connectivity index (χ0n) is 13.8. The Morgan fingerprint density at radius 3 is 2.32 bits per heavy atom. The first-order valence-corrected chi connectivity index (χ1v) is 8.75. The first-order valence-electron chi connectivity index (χ1n) is 7.93. The Bertz CT molecular complexity index is 960. The van der Waals surface area contributed by atoms with Crippen LogP contribution < -0.4 is 4.90 Å². The van der Waals surface area contributed by atoms with Crippen molar-refractivity contribution in [2.45, 2.75) is 18.7 Å². The lowest BCUT2D eigenvalue weighted by Crippen LogP contribution is -2.50. The Balaban J connectivity index is 1.95. The van der Waals surface area contributed by atoms with Crippen molar-refractivity contribution in [3.8, 4) is 0 Å². The highest BCUT2D eigenvalue weighted by Crippen LogP contribution is 2.52. The number of benzene rings is 2. The number of fused-ring (bicyclic) bond motifs is 3. The van der Waals surface area contributed by atoms with Crippen LogP contribution in [0.2, 0.25) is 0 Å². The van der Waals surface area contributed by atoms with Crippen LogP contribution in [0, 0.1) is 5.41 Å². The van der Waals surface area contributed by atoms with Crippen LogP contribution in [0.4, 0.5) is 5.69 Å². The maximum absolute atomic E-state index is 13.1. The van der Waals surface area contributed by atoms with Crippen LogP contribution in [0.15, 0.2) is 70.1 Å². The summed E-state index contributed by atoms with van der Waals surface area (Å²) >= 11 is 1.30. The number of hydrogen-bond donors (Lipinski definition) is 0. The van der Waals surface area contributed by atoms with Gasteiger partial charge in [0.05, 0.1) is 11.3 Å². The Labute approximate surface area is 149 Å². The van der Waals surface area contributed by atoms with Crippen molar-refractivity contribution in [1.82, 2.24) is 0 Å². The van der Waals surface area contributed by atoms with E-state index in [1.54, 1.807) is 38.1 Å². The third-order valence-electron chi connectivity index (χ3n) is 4.53. The summed E-state index contributed by atoms with van der Waals surface area (Å²) in [5, 5.41) is 0.421. The van der Waals surface area contributed by atoms with Crippen LogP contribution in [-0.4, -0.2) is 17.5 Å². The lowest BCUT2D eigenvalue weighted by Gasteiger charge is -2.34. The van der Waals surface area contributed by atoms with Crippen LogP contribution in [0.25, 0.3) is 0 Å². The standard InChI is InChI=1S/C20H15NO3S/c1-20(2)17(23)15(16(22)12-8-4-3-5-9-12)18-21(19(20)24)13-10-6-7-11-14(13)25-18/h3-11H,1-2H3. The molecule has 0 saturated carbocycles. The molecule has 4 nitrogen and oxygen atoms in total. The maximum Gasteiger partial charge on any atom is 0.245 e. The predicted molar refractivity (Wildman–Crippen MR) is 96.4 cm³/mol. The van der Waals surface area contributed by atoms with Gasteiger partial charge in [0.25, 0.3) is 0 Å². The average Bonchev–Trinajstić information content (AvgIpc) is 3.00. The topological polar surface area (TPSA) is 54.5 Å². The number of nitrogens with zero attached hydrogens (tertiary/aromatic N) is 1. The van der Waals surface area contributed by atoms with Gasteiger partial charge in [-0.1, -0.05) is 54.2 Å². The molecular formula is C20H15NO3S. The predicted octanol–water partition coefficient (Wildman–Crippen LogP) is 3.83. The van der Waals surface area contributed by atoms with Gasteiger partial charge in [0.1, 0.15) is 10.4 Å². The Morgan fingerprint density at radius 2 is 1.60 bits per heavy atom. The Hall–Kier alpha value is -2.66. The van der Waals surface area contributed by atoms with Crippen molar-refractivity contribution in [2.75, 3.05) is 4.90 Å². The highest BCUT2D eigenvalue weighted by molar-refractivity contribution is 8.04. The Kier molecular flexibility index (Phi) is 3.44. The van der Waals surface area contributed by atoms with Crippen molar-refractivity contribution < 1.29 is 14.4 Å². The number of carbonyl (C=O) groups is 3. The third-order valence-corrected chi connectivity index (χ3v) is 5.67. The zero-order valence-corrected chi connectivity index (χ0v) is 14.6. The molecule has 0 aliphatic carbocycles. The van der Waals surface area contributed by atoms with Gasteiger partial charge in [0.15, 0.2) is 11.6 Å². The molecule has 25 heavy (non-hydrogen) atoms. The summed E-state index contributed by atoms with van der Waals surface area (Å²) in [7, 11) is 0. The molecule has 2 heterocycles. The monoisotopic (exact) mass is 349 g/mol. The first-order chi connectivity index (χ1) is 11.9. The molecule has 0 atom stereocenters. The van der Waals surface area contributed by atoms with Gasteiger partial charge in [-0.05, 0) is 26.0 Å². The van der Waals surface area contributed by atoms with Gasteiger partial charge in [-0.3, -0.25) is 19.3 Å². The largest absolute Gasteiger partial charge is 0.293 e. The van der Waals surface area contributed by atoms with E-state index in [4.69, 9.17) is 0 Å². The second-order valence-corrected chi connectivity index (χ2v) is 7.57. The number of amides is 1. The lowest BCUT2D eigenvalue weighted by molar-refractivity contribution is -0.136. The van der Waals surface area contributed by atoms with Crippen LogP contribution in [0.1, 0.15) is 24.2 Å². The summed E-state index contributed by atoms with van der Waals surface area (Å²) in [6, 6.07) is 16.2. The second kappa shape index (κ2) is 5.43. The number of para-hydroxylation sites is 1. The number of ketones is 2. The minimum absolute atomic E-state index is 0.0944. The molecule has 0 saturated heterocycles. The molecule has 0 aromatic heterocycles. The van der Waals surface area contributed by atoms with E-state index in [9.17, 15) is 14.4 Å². The molecule has 0 fully saturated rings. The van der Waals surface area contributed by atoms with E-state index < -0.39 is 11.2 Å². The number of Topliss-reactive ketones (excluding diaryl/α,β-unsaturated/α-hetero) is 2. The molecule has 0 unspecified atom stereocenters. The minimum atomic E-state index is -1.28. The number of rotatable bonds is 2. The molecule has 5 heteroatoms. The van der Waals surface area contributed by atoms with Gasteiger partial charge in [-0.2, -0.15) is 0 Å². The maximum atomic E-state index is 13.1. The average molecular weight is 349 g/mol. The highest BCUT2D eigenvalue weighted by Gasteiger charge is 2.52. The molecule has 1 amide bonds. The van der Waals surface area contributed by atoms with Gasteiger partial charge in [-0.15, -0.1) is 0 Å². The van der Waals surface area contributed by atoms with Crippen LogP contribution in [0.5, 0.6) is 0 Å². The van der Waals surface area contributed by atoms with Crippen LogP contribution in [0.3, 0.4) is 0 Å². The quantitative estimate of drug-likeness (QED) is 0.470. The van der Waals surface area contributed by atoms with Crippen LogP contribution >= 0.6 is 11.8 Å². The minimum Gasteiger partial charge on any atom is -0.293 e. The van der Waals surface area contributed by atoms with E-state index >= 15 is 0 Å². The summed E-state index contributed by atoms with van der Waals surface area (Å²) in [5.74, 6) is -1.06. The summed E-state index contributed by atoms with van der Waals surface area (Å²) in [6.07, 6.45) is 0. The van der Waals surface area contributed by atoms with Crippen molar-refractivity contribution in [3.05, 3.63) is 70.8 Å². The second-order valence-electron chi connectivity index (χ2n) is 6.54. The van der Waals surface area contributed by atoms with Gasteiger partial charge < -0.3 is 0 Å². The molecule has 2 aromatic rings. The SMILES string of the molecule is CC1(C)C(=O)C(C(=O)c2ccccc2)=C2Sc3ccccc3N2C1=O. The van der Waals surface area contributed by atoms with E-state index in [1.165, 1.54) is 16.7 Å². The number of anilines is 1. The summed E-state index contributed by atoms with van der Waals surface area (Å²) in [6.45, 7) is 3.16. The molecule has 2 aliphatic rings. The fraction of sp³-hybridized carbons (Fsp3) is 0.150. The van der Waals surface area contributed by atoms with Crippen LogP contribution in [-0.2, 0) is 9.59 Å².